The van der Waals surface area contributed by atoms with E-state index in [1.807, 2.05) is 0 Å². The fourth-order valence-electron chi connectivity index (χ4n) is 3.65. The van der Waals surface area contributed by atoms with E-state index in [1.165, 1.54) is 0 Å². The molecule has 98 valence electrons. The van der Waals surface area contributed by atoms with E-state index in [0.29, 0.717) is 5.92 Å². The van der Waals surface area contributed by atoms with Crippen LogP contribution in [0.25, 0.3) is 0 Å². The lowest BCUT2D eigenvalue weighted by molar-refractivity contribution is -0.208. The summed E-state index contributed by atoms with van der Waals surface area (Å²) in [4.78, 5) is 0. The van der Waals surface area contributed by atoms with Crippen LogP contribution < -0.4 is 0 Å². The van der Waals surface area contributed by atoms with Crippen molar-refractivity contribution >= 4 is 30.3 Å². The number of rotatable bonds is 4. The first kappa shape index (κ1) is 13.9. The largest absolute Gasteiger partial charge is 0.489 e. The summed E-state index contributed by atoms with van der Waals surface area (Å²) in [5, 5.41) is 19.4. The van der Waals surface area contributed by atoms with Gasteiger partial charge in [0.25, 0.3) is 0 Å². The van der Waals surface area contributed by atoms with Gasteiger partial charge in [-0.3, -0.25) is 0 Å². The minimum absolute atomic E-state index is 0.0919. The first-order chi connectivity index (χ1) is 7.83. The van der Waals surface area contributed by atoms with E-state index in [-0.39, 0.29) is 17.9 Å². The van der Waals surface area contributed by atoms with E-state index in [2.05, 4.69) is 13.8 Å². The van der Waals surface area contributed by atoms with E-state index in [4.69, 9.17) is 27.9 Å². The van der Waals surface area contributed by atoms with Crippen molar-refractivity contribution in [2.24, 2.45) is 17.3 Å². The number of alkyl halides is 2. The molecular weight excluding hydrogens is 262 g/mol. The molecule has 3 rings (SSSR count). The Balaban J connectivity index is 2.14. The Morgan fingerprint density at radius 2 is 2.12 bits per heavy atom. The monoisotopic (exact) mass is 280 g/mol. The topological polar surface area (TPSA) is 49.7 Å². The number of halogens is 2. The first-order valence-electron chi connectivity index (χ1n) is 6.08. The van der Waals surface area contributed by atoms with Gasteiger partial charge in [0.05, 0.1) is 12.2 Å². The lowest BCUT2D eigenvalue weighted by Crippen LogP contribution is -2.65. The van der Waals surface area contributed by atoms with Gasteiger partial charge < -0.3 is 14.8 Å². The third-order valence-electron chi connectivity index (χ3n) is 4.86. The molecular formula is C11H19BCl2O3. The number of hydrogen-bond acceptors (Lipinski definition) is 3. The minimum Gasteiger partial charge on any atom is -0.425 e. The van der Waals surface area contributed by atoms with Crippen molar-refractivity contribution in [3.8, 4) is 0 Å². The number of hydrogen-bond donors (Lipinski definition) is 2. The molecule has 3 aliphatic carbocycles. The zero-order chi connectivity index (χ0) is 12.8. The lowest BCUT2D eigenvalue weighted by Gasteiger charge is -2.64. The Morgan fingerprint density at radius 1 is 1.47 bits per heavy atom. The molecule has 0 aromatic carbocycles. The molecule has 0 aromatic heterocycles. The van der Waals surface area contributed by atoms with Crippen LogP contribution in [0.4, 0.5) is 0 Å². The Kier molecular flexibility index (Phi) is 3.75. The number of fused-ring (bicyclic) bond motifs is 2. The van der Waals surface area contributed by atoms with Gasteiger partial charge in [-0.05, 0) is 36.5 Å². The van der Waals surface area contributed by atoms with Crippen molar-refractivity contribution in [3.63, 3.8) is 0 Å². The molecule has 3 aliphatic rings. The number of aliphatic hydroxyl groups is 1. The lowest BCUT2D eigenvalue weighted by atomic mass is 9.44. The van der Waals surface area contributed by atoms with Crippen molar-refractivity contribution < 1.29 is 14.8 Å². The second-order valence-corrected chi connectivity index (χ2v) is 7.07. The van der Waals surface area contributed by atoms with Gasteiger partial charge in [0, 0.05) is 0 Å². The van der Waals surface area contributed by atoms with Crippen molar-refractivity contribution in [2.45, 2.75) is 43.4 Å². The molecule has 3 saturated carbocycles. The van der Waals surface area contributed by atoms with Crippen LogP contribution in [0.3, 0.4) is 0 Å². The van der Waals surface area contributed by atoms with Crippen molar-refractivity contribution in [3.05, 3.63) is 0 Å². The molecule has 6 heteroatoms. The Morgan fingerprint density at radius 3 is 2.53 bits per heavy atom. The third-order valence-corrected chi connectivity index (χ3v) is 5.29. The molecule has 3 atom stereocenters. The van der Waals surface area contributed by atoms with Crippen molar-refractivity contribution in [2.75, 3.05) is 6.61 Å². The summed E-state index contributed by atoms with van der Waals surface area (Å²) < 4.78 is 4.63. The maximum Gasteiger partial charge on any atom is 0.489 e. The molecule has 0 aromatic rings. The standard InChI is InChI=1S/C11H19BCl2O3/c1-10(2)7-3-4-11(6-15,8(10)5-7)17-12(16)9(13)14/h7-9,15-16H,3-6H2,1-2H3/t7?,8?,11-/m1/s1. The second kappa shape index (κ2) is 4.57. The fourth-order valence-corrected chi connectivity index (χ4v) is 3.75. The van der Waals surface area contributed by atoms with Crippen LogP contribution in [0, 0.1) is 17.3 Å². The Hall–Kier alpha value is 0.525. The van der Waals surface area contributed by atoms with E-state index in [9.17, 15) is 10.1 Å². The van der Waals surface area contributed by atoms with E-state index >= 15 is 0 Å². The van der Waals surface area contributed by atoms with Crippen LogP contribution in [-0.4, -0.2) is 34.2 Å². The van der Waals surface area contributed by atoms with Gasteiger partial charge in [-0.2, -0.15) is 0 Å². The average Bonchev–Trinajstić information content (AvgIpc) is 2.28. The molecule has 17 heavy (non-hydrogen) atoms. The Bertz CT molecular complexity index is 298. The predicted molar refractivity (Wildman–Crippen MR) is 69.0 cm³/mol. The van der Waals surface area contributed by atoms with Gasteiger partial charge in [-0.1, -0.05) is 13.8 Å². The van der Waals surface area contributed by atoms with Crippen LogP contribution in [0.15, 0.2) is 0 Å². The molecule has 2 unspecified atom stereocenters. The predicted octanol–water partition coefficient (Wildman–Crippen LogP) is 2.01. The maximum absolute atomic E-state index is 9.68. The summed E-state index contributed by atoms with van der Waals surface area (Å²) in [5.41, 5.74) is -0.519. The highest BCUT2D eigenvalue weighted by molar-refractivity contribution is 6.72. The van der Waals surface area contributed by atoms with Crippen LogP contribution in [0.2, 0.25) is 0 Å². The second-order valence-electron chi connectivity index (χ2n) is 5.91. The summed E-state index contributed by atoms with van der Waals surface area (Å²) in [6.07, 6.45) is 2.83. The zero-order valence-corrected chi connectivity index (χ0v) is 11.7. The smallest absolute Gasteiger partial charge is 0.425 e. The highest BCUT2D eigenvalue weighted by Gasteiger charge is 2.62. The van der Waals surface area contributed by atoms with E-state index < -0.39 is 17.5 Å². The van der Waals surface area contributed by atoms with E-state index in [1.54, 1.807) is 0 Å². The summed E-state index contributed by atoms with van der Waals surface area (Å²) in [5.74, 6) is 0.969. The minimum atomic E-state index is -1.24. The molecule has 0 spiro atoms. The fraction of sp³-hybridized carbons (Fsp3) is 1.00. The van der Waals surface area contributed by atoms with E-state index in [0.717, 1.165) is 19.3 Å². The molecule has 0 radical (unpaired) electrons. The first-order valence-corrected chi connectivity index (χ1v) is 6.95. The van der Waals surface area contributed by atoms with Crippen LogP contribution >= 0.6 is 23.2 Å². The molecule has 2 bridgehead atoms. The molecule has 0 amide bonds. The SMILES string of the molecule is CC1(C)C2CC[C@](CO)(OB(O)C(Cl)Cl)C1C2. The molecule has 3 fully saturated rings. The van der Waals surface area contributed by atoms with Gasteiger partial charge in [0.1, 0.15) is 4.74 Å². The average molecular weight is 281 g/mol. The van der Waals surface area contributed by atoms with Crippen LogP contribution in [-0.2, 0) is 4.65 Å². The molecule has 3 nitrogen and oxygen atoms in total. The van der Waals surface area contributed by atoms with Crippen molar-refractivity contribution in [1.82, 2.24) is 0 Å². The Labute approximate surface area is 113 Å². The molecule has 0 saturated heterocycles. The van der Waals surface area contributed by atoms with Crippen molar-refractivity contribution in [1.29, 1.82) is 0 Å². The number of aliphatic hydroxyl groups excluding tert-OH is 1. The van der Waals surface area contributed by atoms with Crippen LogP contribution in [0.1, 0.15) is 33.1 Å². The van der Waals surface area contributed by atoms with Crippen LogP contribution in [0.5, 0.6) is 0 Å². The molecule has 0 heterocycles. The maximum atomic E-state index is 9.68. The summed E-state index contributed by atoms with van der Waals surface area (Å²) >= 11 is 11.2. The quantitative estimate of drug-likeness (QED) is 0.612. The van der Waals surface area contributed by atoms with Gasteiger partial charge in [-0.15, -0.1) is 23.2 Å². The normalized spacial score (nSPS) is 39.0. The highest BCUT2D eigenvalue weighted by atomic mass is 35.5. The zero-order valence-electron chi connectivity index (χ0n) is 10.2. The molecule has 2 N–H and O–H groups in total. The van der Waals surface area contributed by atoms with Gasteiger partial charge in [-0.25, -0.2) is 0 Å². The molecule has 0 aliphatic heterocycles. The third kappa shape index (κ3) is 2.12. The summed E-state index contributed by atoms with van der Waals surface area (Å²) in [7, 11) is -1.24. The van der Waals surface area contributed by atoms with Gasteiger partial charge in [0.2, 0.25) is 0 Å². The summed E-state index contributed by atoms with van der Waals surface area (Å²) in [6.45, 7) is 4.30. The van der Waals surface area contributed by atoms with Gasteiger partial charge in [0.15, 0.2) is 0 Å². The highest BCUT2D eigenvalue weighted by Crippen LogP contribution is 2.63. The van der Waals surface area contributed by atoms with Gasteiger partial charge >= 0.3 is 7.12 Å². The summed E-state index contributed by atoms with van der Waals surface area (Å²) in [6, 6.07) is 0.